The van der Waals surface area contributed by atoms with Crippen LogP contribution in [0.5, 0.6) is 0 Å². The first-order chi connectivity index (χ1) is 14.3. The molecule has 0 unspecified atom stereocenters. The van der Waals surface area contributed by atoms with Crippen molar-refractivity contribution < 1.29 is 0 Å². The monoisotopic (exact) mass is 388 g/mol. The Morgan fingerprint density at radius 3 is 2.52 bits per heavy atom. The van der Waals surface area contributed by atoms with Gasteiger partial charge >= 0.3 is 0 Å². The second kappa shape index (κ2) is 7.01. The number of hydrogen-bond acceptors (Lipinski definition) is 5. The molecule has 1 saturated heterocycles. The van der Waals surface area contributed by atoms with Gasteiger partial charge in [-0.15, -0.1) is 0 Å². The summed E-state index contributed by atoms with van der Waals surface area (Å²) in [6, 6.07) is 11.1. The largest absolute Gasteiger partial charge is 0.365 e. The molecule has 1 saturated carbocycles. The predicted molar refractivity (Wildman–Crippen MR) is 115 cm³/mol. The second-order valence-corrected chi connectivity index (χ2v) is 8.83. The minimum Gasteiger partial charge on any atom is -0.365 e. The van der Waals surface area contributed by atoms with Crippen LogP contribution < -0.4 is 10.2 Å². The van der Waals surface area contributed by atoms with Gasteiger partial charge in [0, 0.05) is 31.6 Å². The van der Waals surface area contributed by atoms with E-state index in [1.54, 1.807) is 0 Å². The van der Waals surface area contributed by atoms with E-state index >= 15 is 0 Å². The number of anilines is 2. The Labute approximate surface area is 171 Å². The van der Waals surface area contributed by atoms with E-state index in [2.05, 4.69) is 45.1 Å². The fourth-order valence-corrected chi connectivity index (χ4v) is 5.29. The molecule has 4 heterocycles. The van der Waals surface area contributed by atoms with Gasteiger partial charge in [-0.25, -0.2) is 9.97 Å². The maximum absolute atomic E-state index is 5.04. The molecule has 0 aromatic heterocycles. The van der Waals surface area contributed by atoms with E-state index in [1.165, 1.54) is 44.1 Å². The summed E-state index contributed by atoms with van der Waals surface area (Å²) >= 11 is 0. The fourth-order valence-electron chi connectivity index (χ4n) is 5.29. The molecule has 29 heavy (non-hydrogen) atoms. The summed E-state index contributed by atoms with van der Waals surface area (Å²) in [5.74, 6) is 4.55. The van der Waals surface area contributed by atoms with Gasteiger partial charge in [0.05, 0.1) is 0 Å². The Morgan fingerprint density at radius 2 is 1.72 bits per heavy atom. The van der Waals surface area contributed by atoms with Crippen LogP contribution >= 0.6 is 0 Å². The van der Waals surface area contributed by atoms with Crippen LogP contribution in [0, 0.1) is 0 Å². The van der Waals surface area contributed by atoms with Gasteiger partial charge in [0.2, 0.25) is 5.95 Å². The Morgan fingerprint density at radius 1 is 0.931 bits per heavy atom. The minimum absolute atomic E-state index is 0.359. The van der Waals surface area contributed by atoms with Crippen molar-refractivity contribution in [1.82, 2.24) is 19.5 Å². The molecule has 1 aliphatic carbocycles. The topological polar surface area (TPSA) is 58.9 Å². The second-order valence-electron chi connectivity index (χ2n) is 8.83. The van der Waals surface area contributed by atoms with Crippen molar-refractivity contribution in [2.45, 2.75) is 63.5 Å². The van der Waals surface area contributed by atoms with E-state index in [0.29, 0.717) is 12.0 Å². The lowest BCUT2D eigenvalue weighted by atomic mass is 10.1. The van der Waals surface area contributed by atoms with Crippen molar-refractivity contribution in [2.75, 3.05) is 23.3 Å². The van der Waals surface area contributed by atoms with E-state index in [9.17, 15) is 0 Å². The number of benzene rings is 1. The fraction of sp³-hybridized carbons (Fsp3) is 0.522. The van der Waals surface area contributed by atoms with Crippen molar-refractivity contribution in [3.05, 3.63) is 41.7 Å². The third kappa shape index (κ3) is 3.05. The molecule has 4 aliphatic heterocycles. The molecule has 1 atom stereocenters. The summed E-state index contributed by atoms with van der Waals surface area (Å²) in [6.45, 7) is 3.11. The van der Waals surface area contributed by atoms with Gasteiger partial charge in [-0.1, -0.05) is 43.2 Å². The first-order valence-corrected chi connectivity index (χ1v) is 11.2. The zero-order chi connectivity index (χ0) is 19.2. The van der Waals surface area contributed by atoms with Crippen LogP contribution in [0.1, 0.15) is 55.8 Å². The van der Waals surface area contributed by atoms with Gasteiger partial charge in [0.1, 0.15) is 11.6 Å². The highest BCUT2D eigenvalue weighted by Crippen LogP contribution is 2.40. The third-order valence-corrected chi connectivity index (χ3v) is 6.78. The molecule has 0 radical (unpaired) electrons. The van der Waals surface area contributed by atoms with Crippen LogP contribution in [0.4, 0.5) is 11.8 Å². The lowest BCUT2D eigenvalue weighted by Gasteiger charge is -2.21. The zero-order valence-corrected chi connectivity index (χ0v) is 16.8. The zero-order valence-electron chi connectivity index (χ0n) is 16.8. The van der Waals surface area contributed by atoms with Gasteiger partial charge < -0.3 is 10.2 Å². The SMILES string of the molecule is c1ccc(C[C@@H]2Cn3c(N4CCCC4)nc4nc(C5CCCC5)nc-4c3N2)cc1. The first-order valence-electron chi connectivity index (χ1n) is 11.2. The first kappa shape index (κ1) is 17.2. The summed E-state index contributed by atoms with van der Waals surface area (Å²) in [6.07, 6.45) is 8.53. The van der Waals surface area contributed by atoms with Crippen LogP contribution in [-0.4, -0.2) is 38.7 Å². The molecule has 0 bridgehead atoms. The molecule has 6 nitrogen and oxygen atoms in total. The van der Waals surface area contributed by atoms with E-state index in [0.717, 1.165) is 55.2 Å². The number of imidazole rings is 1. The number of aromatic nitrogens is 4. The smallest absolute Gasteiger partial charge is 0.209 e. The molecular formula is C23H28N6. The average molecular weight is 389 g/mol. The van der Waals surface area contributed by atoms with Gasteiger partial charge in [0.25, 0.3) is 0 Å². The summed E-state index contributed by atoms with van der Waals surface area (Å²) in [5.41, 5.74) is 2.33. The maximum atomic E-state index is 5.04. The van der Waals surface area contributed by atoms with Gasteiger partial charge in [-0.2, -0.15) is 4.98 Å². The molecule has 5 aliphatic rings. The van der Waals surface area contributed by atoms with Crippen LogP contribution in [0.2, 0.25) is 0 Å². The van der Waals surface area contributed by atoms with Crippen LogP contribution in [0.15, 0.2) is 30.3 Å². The standard InChI is InChI=1S/C23H28N6/c1-2-8-16(9-3-1)14-18-15-29-22(24-18)19-21(27-23(29)28-12-6-7-13-28)26-20(25-19)17-10-4-5-11-17/h1-3,8-9,17-18,24H,4-7,10-15H2/t18-/m1/s1. The normalized spacial score (nSPS) is 21.8. The maximum Gasteiger partial charge on any atom is 0.209 e. The molecule has 0 spiro atoms. The van der Waals surface area contributed by atoms with E-state index < -0.39 is 0 Å². The van der Waals surface area contributed by atoms with Crippen molar-refractivity contribution in [3.8, 4) is 11.5 Å². The average Bonchev–Trinajstić information content (AvgIpc) is 3.53. The molecule has 6 heteroatoms. The molecular weight excluding hydrogens is 360 g/mol. The number of hydrogen-bond donors (Lipinski definition) is 1. The number of fused-ring (bicyclic) bond motifs is 3. The lowest BCUT2D eigenvalue weighted by molar-refractivity contribution is 0.630. The van der Waals surface area contributed by atoms with Crippen LogP contribution in [-0.2, 0) is 13.0 Å². The lowest BCUT2D eigenvalue weighted by Crippen LogP contribution is -2.25. The van der Waals surface area contributed by atoms with Crippen molar-refractivity contribution in [3.63, 3.8) is 0 Å². The van der Waals surface area contributed by atoms with Crippen molar-refractivity contribution in [1.29, 1.82) is 0 Å². The Bertz CT molecular complexity index is 969. The summed E-state index contributed by atoms with van der Waals surface area (Å²) in [5, 5.41) is 3.79. The molecule has 1 N–H and O–H groups in total. The van der Waals surface area contributed by atoms with E-state index in [1.807, 2.05) is 0 Å². The van der Waals surface area contributed by atoms with Crippen LogP contribution in [0.3, 0.4) is 0 Å². The molecule has 150 valence electrons. The third-order valence-electron chi connectivity index (χ3n) is 6.78. The van der Waals surface area contributed by atoms with E-state index in [4.69, 9.17) is 15.0 Å². The van der Waals surface area contributed by atoms with Gasteiger partial charge in [0.15, 0.2) is 11.5 Å². The summed E-state index contributed by atoms with van der Waals surface area (Å²) in [4.78, 5) is 17.4. The Kier molecular flexibility index (Phi) is 4.17. The van der Waals surface area contributed by atoms with Crippen LogP contribution in [0.25, 0.3) is 11.5 Å². The highest BCUT2D eigenvalue weighted by atomic mass is 15.4. The molecule has 1 aromatic carbocycles. The number of nitrogens with zero attached hydrogens (tertiary/aromatic N) is 5. The Balaban J connectivity index is 1.39. The van der Waals surface area contributed by atoms with Gasteiger partial charge in [-0.05, 0) is 37.7 Å². The van der Waals surface area contributed by atoms with E-state index in [-0.39, 0.29) is 0 Å². The quantitative estimate of drug-likeness (QED) is 0.730. The Hall–Kier alpha value is -2.63. The predicted octanol–water partition coefficient (Wildman–Crippen LogP) is 4.07. The number of rotatable bonds is 4. The minimum atomic E-state index is 0.359. The van der Waals surface area contributed by atoms with Crippen molar-refractivity contribution in [2.24, 2.45) is 0 Å². The van der Waals surface area contributed by atoms with Gasteiger partial charge in [-0.3, -0.25) is 4.57 Å². The highest BCUT2D eigenvalue weighted by molar-refractivity contribution is 5.72. The summed E-state index contributed by atoms with van der Waals surface area (Å²) in [7, 11) is 0. The molecule has 1 aromatic rings. The molecule has 2 fully saturated rings. The molecule has 6 rings (SSSR count). The number of nitrogens with one attached hydrogen (secondary N) is 1. The van der Waals surface area contributed by atoms with Crippen molar-refractivity contribution >= 4 is 11.8 Å². The highest BCUT2D eigenvalue weighted by Gasteiger charge is 2.34. The summed E-state index contributed by atoms with van der Waals surface area (Å²) < 4.78 is 2.37. The molecule has 0 amide bonds.